The molecule has 2 heteroatoms. The number of hydrogen-bond donors (Lipinski definition) is 0. The van der Waals surface area contributed by atoms with Gasteiger partial charge in [0.15, 0.2) is 0 Å². The fourth-order valence-electron chi connectivity index (χ4n) is 0. The molecule has 0 atom stereocenters. The summed E-state index contributed by atoms with van der Waals surface area (Å²) in [6, 6.07) is 0. The van der Waals surface area contributed by atoms with Gasteiger partial charge in [0.1, 0.15) is 0 Å². The van der Waals surface area contributed by atoms with Gasteiger partial charge >= 0.3 is 41.6 Å². The Balaban J connectivity index is 2.32. The SMILES string of the molecule is C[N](C)[InH2]. The first-order valence-corrected chi connectivity index (χ1v) is 3.89. The predicted molar refractivity (Wildman–Crippen MR) is 22.2 cm³/mol. The average Bonchev–Trinajstić information content (AvgIpc) is 0.811. The van der Waals surface area contributed by atoms with E-state index >= 15 is 0 Å². The van der Waals surface area contributed by atoms with Crippen molar-refractivity contribution in [1.29, 1.82) is 0 Å². The molecular formula is C2H8InN. The van der Waals surface area contributed by atoms with Crippen LogP contribution in [0, 0.1) is 0 Å². The van der Waals surface area contributed by atoms with E-state index in [9.17, 15) is 0 Å². The third-order valence-corrected chi connectivity index (χ3v) is 0. The summed E-state index contributed by atoms with van der Waals surface area (Å²) in [5.41, 5.74) is 0. The molecule has 0 saturated heterocycles. The van der Waals surface area contributed by atoms with Crippen LogP contribution in [0.4, 0.5) is 0 Å². The maximum atomic E-state index is 2.21. The van der Waals surface area contributed by atoms with Gasteiger partial charge in [0.25, 0.3) is 0 Å². The summed E-state index contributed by atoms with van der Waals surface area (Å²) in [6.07, 6.45) is 0. The van der Waals surface area contributed by atoms with E-state index in [4.69, 9.17) is 0 Å². The summed E-state index contributed by atoms with van der Waals surface area (Å²) in [6.45, 7) is 0. The Morgan fingerprint density at radius 3 is 1.50 bits per heavy atom. The Morgan fingerprint density at radius 1 is 1.50 bits per heavy atom. The molecule has 0 aromatic rings. The second kappa shape index (κ2) is 2.09. The Labute approximate surface area is 42.0 Å². The second-order valence-electron chi connectivity index (χ2n) is 1.34. The van der Waals surface area contributed by atoms with Crippen LogP contribution in [0.25, 0.3) is 0 Å². The van der Waals surface area contributed by atoms with Crippen LogP contribution in [-0.2, 0) is 0 Å². The van der Waals surface area contributed by atoms with Gasteiger partial charge in [-0.3, -0.25) is 0 Å². The van der Waals surface area contributed by atoms with E-state index in [0.717, 1.165) is 24.7 Å². The van der Waals surface area contributed by atoms with Gasteiger partial charge in [0, 0.05) is 0 Å². The minimum atomic E-state index is 0.763. The molecule has 0 aliphatic carbocycles. The molecule has 0 fully saturated rings. The van der Waals surface area contributed by atoms with Crippen LogP contribution in [-0.4, -0.2) is 41.6 Å². The number of rotatable bonds is 0. The van der Waals surface area contributed by atoms with Crippen molar-refractivity contribution >= 4 is 24.7 Å². The maximum absolute atomic E-state index is 2.21. The van der Waals surface area contributed by atoms with Gasteiger partial charge in [-0.2, -0.15) is 0 Å². The molecule has 0 heterocycles. The van der Waals surface area contributed by atoms with Crippen molar-refractivity contribution in [3.63, 3.8) is 0 Å². The van der Waals surface area contributed by atoms with Crippen molar-refractivity contribution in [2.24, 2.45) is 0 Å². The van der Waals surface area contributed by atoms with E-state index in [0.29, 0.717) is 0 Å². The summed E-state index contributed by atoms with van der Waals surface area (Å²) in [7, 11) is 4.19. The fraction of sp³-hybridized carbons (Fsp3) is 1.00. The molecule has 0 aromatic carbocycles. The van der Waals surface area contributed by atoms with Crippen LogP contribution in [0.15, 0.2) is 0 Å². The summed E-state index contributed by atoms with van der Waals surface area (Å²) < 4.78 is 2.21. The molecule has 4 heavy (non-hydrogen) atoms. The summed E-state index contributed by atoms with van der Waals surface area (Å²) in [5, 5.41) is 0. The zero-order valence-electron chi connectivity index (χ0n) is 3.45. The van der Waals surface area contributed by atoms with E-state index in [-0.39, 0.29) is 0 Å². The van der Waals surface area contributed by atoms with Crippen LogP contribution >= 0.6 is 0 Å². The molecular weight excluding hydrogens is 153 g/mol. The summed E-state index contributed by atoms with van der Waals surface area (Å²) in [4.78, 5) is 0. The van der Waals surface area contributed by atoms with Gasteiger partial charge in [-0.15, -0.1) is 0 Å². The Morgan fingerprint density at radius 2 is 1.50 bits per heavy atom. The van der Waals surface area contributed by atoms with Crippen LogP contribution in [0.2, 0.25) is 0 Å². The molecule has 0 unspecified atom stereocenters. The first-order chi connectivity index (χ1) is 1.73. The molecule has 0 spiro atoms. The van der Waals surface area contributed by atoms with Crippen molar-refractivity contribution in [2.45, 2.75) is 0 Å². The minimum absolute atomic E-state index is 0.763. The van der Waals surface area contributed by atoms with Crippen molar-refractivity contribution in [1.82, 2.24) is 2.89 Å². The van der Waals surface area contributed by atoms with Crippen LogP contribution < -0.4 is 0 Å². The zero-order valence-corrected chi connectivity index (χ0v) is 9.16. The monoisotopic (exact) mass is 161 g/mol. The fourth-order valence-corrected chi connectivity index (χ4v) is 0. The molecule has 0 saturated carbocycles. The van der Waals surface area contributed by atoms with E-state index in [1.807, 2.05) is 0 Å². The first-order valence-electron chi connectivity index (χ1n) is 1.34. The molecule has 0 N–H and O–H groups in total. The summed E-state index contributed by atoms with van der Waals surface area (Å²) >= 11 is 0.763. The number of nitrogens with zero attached hydrogens (tertiary/aromatic N) is 1. The van der Waals surface area contributed by atoms with Gasteiger partial charge in [-0.25, -0.2) is 0 Å². The molecule has 0 aromatic heterocycles. The second-order valence-corrected chi connectivity index (χ2v) is 6.45. The molecule has 0 amide bonds. The third kappa shape index (κ3) is 13.8. The molecule has 0 radical (unpaired) electrons. The van der Waals surface area contributed by atoms with Crippen LogP contribution in [0.5, 0.6) is 0 Å². The van der Waals surface area contributed by atoms with Gasteiger partial charge in [0.05, 0.1) is 0 Å². The van der Waals surface area contributed by atoms with Gasteiger partial charge < -0.3 is 0 Å². The van der Waals surface area contributed by atoms with Crippen molar-refractivity contribution in [3.05, 3.63) is 0 Å². The Hall–Kier alpha value is 0.830. The third-order valence-electron chi connectivity index (χ3n) is 0. The van der Waals surface area contributed by atoms with Crippen LogP contribution in [0.1, 0.15) is 0 Å². The van der Waals surface area contributed by atoms with Crippen molar-refractivity contribution < 1.29 is 0 Å². The quantitative estimate of drug-likeness (QED) is 0.444. The normalized spacial score (nSPS) is 8.75. The Bertz CT molecular complexity index is 10.8. The van der Waals surface area contributed by atoms with E-state index in [2.05, 4.69) is 17.0 Å². The van der Waals surface area contributed by atoms with Gasteiger partial charge in [0.2, 0.25) is 0 Å². The molecule has 0 aliphatic heterocycles. The first kappa shape index (κ1) is 4.83. The van der Waals surface area contributed by atoms with Gasteiger partial charge in [-0.05, 0) is 0 Å². The van der Waals surface area contributed by atoms with Crippen LogP contribution in [0.3, 0.4) is 0 Å². The summed E-state index contributed by atoms with van der Waals surface area (Å²) in [5.74, 6) is 0. The zero-order chi connectivity index (χ0) is 3.58. The van der Waals surface area contributed by atoms with E-state index in [1.54, 1.807) is 0 Å². The molecule has 0 rings (SSSR count). The van der Waals surface area contributed by atoms with E-state index in [1.165, 1.54) is 0 Å². The number of hydrogen-bond acceptors (Lipinski definition) is 1. The average molecular weight is 161 g/mol. The molecule has 1 nitrogen and oxygen atoms in total. The standard InChI is InChI=1S/C2H6N.In.2H/c1-3-2;;;/h1-2H3;;;/q-1;+1;;. The molecule has 0 aliphatic rings. The molecule has 24 valence electrons. The van der Waals surface area contributed by atoms with E-state index < -0.39 is 0 Å². The van der Waals surface area contributed by atoms with Crippen molar-refractivity contribution in [3.8, 4) is 0 Å². The predicted octanol–water partition coefficient (Wildman–Crippen LogP) is -0.904. The van der Waals surface area contributed by atoms with Crippen molar-refractivity contribution in [2.75, 3.05) is 14.1 Å². The Kier molecular flexibility index (Phi) is 2.53. The van der Waals surface area contributed by atoms with Gasteiger partial charge in [-0.1, -0.05) is 0 Å². The molecule has 0 bridgehead atoms. The topological polar surface area (TPSA) is 3.24 Å².